The lowest BCUT2D eigenvalue weighted by molar-refractivity contribution is -0.384. The SMILES string of the molecule is C[C@H](N[C]=O)c1ccc([N+](=O)[O-])cc1. The highest BCUT2D eigenvalue weighted by Gasteiger charge is 2.07. The van der Waals surface area contributed by atoms with Gasteiger partial charge in [0.15, 0.2) is 0 Å². The lowest BCUT2D eigenvalue weighted by atomic mass is 10.1. The number of non-ortho nitro benzene ring substituents is 1. The molecular formula is C9H9N2O3. The summed E-state index contributed by atoms with van der Waals surface area (Å²) in [6.07, 6.45) is 1.57. The van der Waals surface area contributed by atoms with E-state index in [-0.39, 0.29) is 11.7 Å². The largest absolute Gasteiger partial charge is 0.341 e. The van der Waals surface area contributed by atoms with Crippen LogP contribution in [0.15, 0.2) is 24.3 Å². The van der Waals surface area contributed by atoms with Crippen molar-refractivity contribution in [3.05, 3.63) is 39.9 Å². The van der Waals surface area contributed by atoms with Gasteiger partial charge in [-0.1, -0.05) is 12.1 Å². The molecule has 0 unspecified atom stereocenters. The van der Waals surface area contributed by atoms with E-state index < -0.39 is 4.92 Å². The summed E-state index contributed by atoms with van der Waals surface area (Å²) < 4.78 is 0. The fourth-order valence-corrected chi connectivity index (χ4v) is 1.06. The molecule has 0 fully saturated rings. The standard InChI is InChI=1S/C9H9N2O3/c1-7(10-6-12)8-2-4-9(5-3-8)11(13)14/h2-5,7H,1H3,(H,10,12)/t7-/m0/s1. The van der Waals surface area contributed by atoms with Gasteiger partial charge in [-0.3, -0.25) is 14.9 Å². The van der Waals surface area contributed by atoms with Gasteiger partial charge in [0, 0.05) is 12.1 Å². The zero-order valence-electron chi connectivity index (χ0n) is 7.56. The molecule has 73 valence electrons. The number of nitrogens with one attached hydrogen (secondary N) is 1. The molecule has 0 heterocycles. The highest BCUT2D eigenvalue weighted by Crippen LogP contribution is 2.16. The predicted octanol–water partition coefficient (Wildman–Crippen LogP) is 1.31. The quantitative estimate of drug-likeness (QED) is 0.445. The smallest absolute Gasteiger partial charge is 0.309 e. The number of benzene rings is 1. The van der Waals surface area contributed by atoms with Crippen LogP contribution in [0.3, 0.4) is 0 Å². The van der Waals surface area contributed by atoms with Crippen LogP contribution in [-0.4, -0.2) is 11.3 Å². The zero-order valence-corrected chi connectivity index (χ0v) is 7.56. The minimum absolute atomic E-state index is 0.0380. The second-order valence-corrected chi connectivity index (χ2v) is 2.82. The lowest BCUT2D eigenvalue weighted by Crippen LogP contribution is -2.15. The third kappa shape index (κ3) is 2.29. The van der Waals surface area contributed by atoms with Crippen LogP contribution in [0.5, 0.6) is 0 Å². The average Bonchev–Trinajstić information content (AvgIpc) is 2.18. The molecule has 1 radical (unpaired) electrons. The van der Waals surface area contributed by atoms with Gasteiger partial charge in [0.2, 0.25) is 0 Å². The Kier molecular flexibility index (Phi) is 3.17. The number of nitro groups is 1. The van der Waals surface area contributed by atoms with Crippen molar-refractivity contribution in [2.45, 2.75) is 13.0 Å². The molecular weight excluding hydrogens is 184 g/mol. The average molecular weight is 193 g/mol. The molecule has 0 saturated carbocycles. The molecule has 1 rings (SSSR count). The van der Waals surface area contributed by atoms with Gasteiger partial charge >= 0.3 is 6.41 Å². The Hall–Kier alpha value is -1.91. The minimum atomic E-state index is -0.465. The van der Waals surface area contributed by atoms with E-state index in [1.54, 1.807) is 25.5 Å². The highest BCUT2D eigenvalue weighted by molar-refractivity contribution is 5.49. The van der Waals surface area contributed by atoms with Crippen molar-refractivity contribution in [3.8, 4) is 0 Å². The predicted molar refractivity (Wildman–Crippen MR) is 50.3 cm³/mol. The summed E-state index contributed by atoms with van der Waals surface area (Å²) in [5.41, 5.74) is 0.843. The van der Waals surface area contributed by atoms with Crippen LogP contribution in [0, 0.1) is 10.1 Å². The maximum Gasteiger partial charge on any atom is 0.309 e. The summed E-state index contributed by atoms with van der Waals surface area (Å²) in [7, 11) is 0. The van der Waals surface area contributed by atoms with E-state index in [0.29, 0.717) is 0 Å². The molecule has 1 aromatic carbocycles. The first-order chi connectivity index (χ1) is 6.65. The number of nitrogens with zero attached hydrogens (tertiary/aromatic N) is 1. The second kappa shape index (κ2) is 4.36. The summed E-state index contributed by atoms with van der Waals surface area (Å²) >= 11 is 0. The molecule has 1 atom stereocenters. The molecule has 0 saturated heterocycles. The number of carbonyl (C=O) groups excluding carboxylic acids is 1. The van der Waals surface area contributed by atoms with E-state index in [2.05, 4.69) is 5.32 Å². The molecule has 0 spiro atoms. The van der Waals surface area contributed by atoms with Gasteiger partial charge in [0.1, 0.15) is 0 Å². The molecule has 0 aromatic heterocycles. The van der Waals surface area contributed by atoms with Gasteiger partial charge in [0.05, 0.1) is 11.0 Å². The van der Waals surface area contributed by atoms with Crippen LogP contribution in [0.25, 0.3) is 0 Å². The Morgan fingerprint density at radius 2 is 2.00 bits per heavy atom. The summed E-state index contributed by atoms with van der Waals surface area (Å²) in [6.45, 7) is 1.77. The Balaban J connectivity index is 2.82. The van der Waals surface area contributed by atoms with E-state index >= 15 is 0 Å². The molecule has 1 N–H and O–H groups in total. The van der Waals surface area contributed by atoms with Crippen LogP contribution < -0.4 is 5.32 Å². The van der Waals surface area contributed by atoms with Crippen LogP contribution in [0.1, 0.15) is 18.5 Å². The molecule has 5 heteroatoms. The maximum atomic E-state index is 10.3. The van der Waals surface area contributed by atoms with Gasteiger partial charge in [-0.2, -0.15) is 0 Å². The van der Waals surface area contributed by atoms with Gasteiger partial charge in [-0.05, 0) is 12.5 Å². The van der Waals surface area contributed by atoms with E-state index in [1.807, 2.05) is 0 Å². The van der Waals surface area contributed by atoms with Gasteiger partial charge < -0.3 is 5.32 Å². The van der Waals surface area contributed by atoms with Crippen molar-refractivity contribution >= 4 is 12.1 Å². The number of hydrogen-bond donors (Lipinski definition) is 1. The van der Waals surface area contributed by atoms with Crippen molar-refractivity contribution in [1.82, 2.24) is 5.32 Å². The van der Waals surface area contributed by atoms with Crippen molar-refractivity contribution in [1.29, 1.82) is 0 Å². The molecule has 1 amide bonds. The van der Waals surface area contributed by atoms with Gasteiger partial charge in [-0.25, -0.2) is 0 Å². The molecule has 0 bridgehead atoms. The molecule has 0 aliphatic carbocycles. The molecule has 5 nitrogen and oxygen atoms in total. The first-order valence-corrected chi connectivity index (χ1v) is 4.02. The summed E-state index contributed by atoms with van der Waals surface area (Å²) in [5.74, 6) is 0. The second-order valence-electron chi connectivity index (χ2n) is 2.82. The molecule has 0 aliphatic heterocycles. The third-order valence-corrected chi connectivity index (χ3v) is 1.88. The van der Waals surface area contributed by atoms with Crippen LogP contribution in [0.4, 0.5) is 5.69 Å². The Morgan fingerprint density at radius 1 is 1.43 bits per heavy atom. The highest BCUT2D eigenvalue weighted by atomic mass is 16.6. The topological polar surface area (TPSA) is 72.2 Å². The summed E-state index contributed by atoms with van der Waals surface area (Å²) in [4.78, 5) is 19.9. The Bertz CT molecular complexity index is 334. The van der Waals surface area contributed by atoms with Crippen molar-refractivity contribution in [2.75, 3.05) is 0 Å². The fourth-order valence-electron chi connectivity index (χ4n) is 1.06. The van der Waals surface area contributed by atoms with E-state index in [0.717, 1.165) is 5.56 Å². The number of nitro benzene ring substituents is 1. The van der Waals surface area contributed by atoms with Gasteiger partial charge in [0.25, 0.3) is 5.69 Å². The fraction of sp³-hybridized carbons (Fsp3) is 0.222. The molecule has 0 aliphatic rings. The molecule has 1 aromatic rings. The van der Waals surface area contributed by atoms with Crippen molar-refractivity contribution < 1.29 is 9.72 Å². The third-order valence-electron chi connectivity index (χ3n) is 1.88. The summed E-state index contributed by atoms with van der Waals surface area (Å²) in [6, 6.07) is 5.82. The monoisotopic (exact) mass is 193 g/mol. The van der Waals surface area contributed by atoms with Crippen LogP contribution in [0.2, 0.25) is 0 Å². The minimum Gasteiger partial charge on any atom is -0.341 e. The first kappa shape index (κ1) is 10.2. The lowest BCUT2D eigenvalue weighted by Gasteiger charge is -2.08. The Morgan fingerprint density at radius 3 is 2.43 bits per heavy atom. The molecule has 14 heavy (non-hydrogen) atoms. The number of rotatable bonds is 4. The number of hydrogen-bond acceptors (Lipinski definition) is 3. The van der Waals surface area contributed by atoms with Crippen LogP contribution in [-0.2, 0) is 4.79 Å². The number of amides is 1. The van der Waals surface area contributed by atoms with Crippen molar-refractivity contribution in [3.63, 3.8) is 0 Å². The van der Waals surface area contributed by atoms with Gasteiger partial charge in [-0.15, -0.1) is 0 Å². The Labute approximate surface area is 80.9 Å². The van der Waals surface area contributed by atoms with Crippen LogP contribution >= 0.6 is 0 Å². The normalized spacial score (nSPS) is 11.8. The zero-order chi connectivity index (χ0) is 10.6. The first-order valence-electron chi connectivity index (χ1n) is 4.02. The van der Waals surface area contributed by atoms with E-state index in [4.69, 9.17) is 0 Å². The maximum absolute atomic E-state index is 10.3. The summed E-state index contributed by atoms with van der Waals surface area (Å²) in [5, 5.41) is 12.8. The van der Waals surface area contributed by atoms with E-state index in [9.17, 15) is 14.9 Å². The van der Waals surface area contributed by atoms with Crippen molar-refractivity contribution in [2.24, 2.45) is 0 Å². The van der Waals surface area contributed by atoms with E-state index in [1.165, 1.54) is 12.1 Å².